The lowest BCUT2D eigenvalue weighted by molar-refractivity contribution is -0.378. The third kappa shape index (κ3) is 19.5. The third-order valence-electron chi connectivity index (χ3n) is 6.66. The number of aromatic amines is 2. The predicted molar refractivity (Wildman–Crippen MR) is 202 cm³/mol. The average Bonchev–Trinajstić information content (AvgIpc) is 3.12. The predicted octanol–water partition coefficient (Wildman–Crippen LogP) is -4.69. The van der Waals surface area contributed by atoms with Gasteiger partial charge < -0.3 is 95.1 Å². The smallest absolute Gasteiger partial charge is 0.539 e. The molecule has 24 nitrogen and oxygen atoms in total. The highest BCUT2D eigenvalue weighted by molar-refractivity contribution is 6.82. The van der Waals surface area contributed by atoms with E-state index in [-0.39, 0.29) is 0 Å². The van der Waals surface area contributed by atoms with Crippen LogP contribution in [0.15, 0.2) is 98.1 Å². The van der Waals surface area contributed by atoms with Gasteiger partial charge in [-0.05, 0) is 74.2 Å². The minimum absolute atomic E-state index is 1.26. The molecule has 0 saturated carbocycles. The summed E-state index contributed by atoms with van der Waals surface area (Å²) in [7, 11) is -15.2. The molecular formula is C24H38B10N4O20. The summed E-state index contributed by atoms with van der Waals surface area (Å²) in [4.78, 5) is 13.6. The maximum atomic E-state index is 8.94. The number of nitrogens with zero attached hydrogens (tertiary/aromatic N) is 2. The molecule has 4 aromatic heterocycles. The average molecular weight is 811 g/mol. The first-order valence-electron chi connectivity index (χ1n) is 16.9. The molecule has 10 N–H and O–H groups in total. The standard InChI is InChI=1S/4C6H7N.2B5H4O10/c4*1-6-2-4-7-5-3-6;2*6-1-10-2(7)13-5(12-1)14-3(8)11-4(9)15-5/h4*2-5H,1H3;2*6-9H/q;;;;2*-1/p+2. The van der Waals surface area contributed by atoms with Gasteiger partial charge in [0.1, 0.15) is 0 Å². The molecule has 0 amide bonds. The molecule has 304 valence electrons. The summed E-state index contributed by atoms with van der Waals surface area (Å²) in [6.07, 6.45) is 14.8. The van der Waals surface area contributed by atoms with Crippen LogP contribution in [-0.4, -0.2) is 123 Å². The van der Waals surface area contributed by atoms with E-state index in [2.05, 4.69) is 88.6 Å². The molecule has 0 aliphatic carbocycles. The fourth-order valence-corrected chi connectivity index (χ4v) is 3.97. The van der Waals surface area contributed by atoms with Crippen LogP contribution in [-0.2, 0) is 54.9 Å². The molecule has 4 aliphatic rings. The number of aryl methyl sites for hydroxylation is 4. The monoisotopic (exact) mass is 812 g/mol. The van der Waals surface area contributed by atoms with E-state index in [0.717, 1.165) is 0 Å². The van der Waals surface area contributed by atoms with Gasteiger partial charge in [0.2, 0.25) is 0 Å². The number of pyridine rings is 4. The first-order chi connectivity index (χ1) is 27.6. The lowest BCUT2D eigenvalue weighted by atomic mass is 9.84. The van der Waals surface area contributed by atoms with Crippen molar-refractivity contribution in [2.45, 2.75) is 27.7 Å². The molecule has 0 unspecified atom stereocenters. The van der Waals surface area contributed by atoms with Crippen molar-refractivity contribution in [3.05, 3.63) is 120 Å². The molecule has 4 aliphatic heterocycles. The van der Waals surface area contributed by atoms with E-state index in [1.165, 1.54) is 22.3 Å². The molecule has 4 fully saturated rings. The number of aromatic nitrogens is 4. The van der Waals surface area contributed by atoms with Gasteiger partial charge in [0.05, 0.1) is 0 Å². The molecule has 4 saturated heterocycles. The van der Waals surface area contributed by atoms with Crippen LogP contribution in [0.2, 0.25) is 0 Å². The van der Waals surface area contributed by atoms with E-state index in [1.807, 2.05) is 87.2 Å². The summed E-state index contributed by atoms with van der Waals surface area (Å²) in [6.45, 7) is 1.79. The molecule has 8 heterocycles. The number of rotatable bonds is 0. The number of H-pyrrole nitrogens is 2. The molecule has 8 rings (SSSR count). The molecule has 58 heavy (non-hydrogen) atoms. The van der Waals surface area contributed by atoms with Gasteiger partial charge in [-0.15, -0.1) is 0 Å². The zero-order valence-corrected chi connectivity index (χ0v) is 31.4. The SMILES string of the molecule is Cc1cc[nH+]cc1.Cc1cc[nH+]cc1.Cc1ccncc1.Cc1ccncc1.OB1OB(O)O[B-]2(O1)OB(O)OB(O)O2.OB1OB(O)O[B-]2(O1)OB(O)OB(O)O2. The largest absolute Gasteiger partial charge is 0.582 e. The first kappa shape index (κ1) is 48.8. The Labute approximate surface area is 335 Å². The Bertz CT molecular complexity index is 1400. The van der Waals surface area contributed by atoms with E-state index in [1.54, 1.807) is 24.8 Å². The minimum atomic E-state index is -3.21. The molecule has 0 aromatic carbocycles. The van der Waals surface area contributed by atoms with Gasteiger partial charge >= 0.3 is 72.5 Å². The first-order valence-corrected chi connectivity index (χ1v) is 16.9. The summed E-state index contributed by atoms with van der Waals surface area (Å²) in [6, 6.07) is 16.0. The highest BCUT2D eigenvalue weighted by Gasteiger charge is 2.54. The summed E-state index contributed by atoms with van der Waals surface area (Å²) in [5.74, 6) is 0. The summed E-state index contributed by atoms with van der Waals surface area (Å²) in [5.41, 5.74) is 5.10. The third-order valence-corrected chi connectivity index (χ3v) is 6.66. The zero-order valence-electron chi connectivity index (χ0n) is 31.4. The summed E-state index contributed by atoms with van der Waals surface area (Å²) >= 11 is 0. The van der Waals surface area contributed by atoms with Crippen LogP contribution in [0, 0.1) is 27.7 Å². The Hall–Kier alpha value is -3.55. The van der Waals surface area contributed by atoms with E-state index in [0.29, 0.717) is 0 Å². The second kappa shape index (κ2) is 25.2. The minimum Gasteiger partial charge on any atom is -0.539 e. The number of hydrogen-bond donors (Lipinski definition) is 8. The maximum Gasteiger partial charge on any atom is 0.582 e. The molecule has 0 bridgehead atoms. The van der Waals surface area contributed by atoms with Crippen LogP contribution in [0.25, 0.3) is 0 Å². The number of nitrogens with one attached hydrogen (secondary N) is 2. The topological polar surface area (TPSA) is 327 Å². The fraction of sp³-hybridized carbons (Fsp3) is 0.167. The second-order valence-corrected chi connectivity index (χ2v) is 11.4. The lowest BCUT2D eigenvalue weighted by Gasteiger charge is -2.49. The van der Waals surface area contributed by atoms with Crippen molar-refractivity contribution < 1.29 is 105 Å². The van der Waals surface area contributed by atoms with Gasteiger partial charge in [0, 0.05) is 49.1 Å². The number of hydrogen-bond acceptors (Lipinski definition) is 22. The Kier molecular flexibility index (Phi) is 21.2. The van der Waals surface area contributed by atoms with Gasteiger partial charge in [-0.2, -0.15) is 0 Å². The Balaban J connectivity index is 0.000000194. The molecular weight excluding hydrogens is 772 g/mol. The molecule has 4 aromatic rings. The molecule has 0 radical (unpaired) electrons. The van der Waals surface area contributed by atoms with E-state index >= 15 is 0 Å². The Morgan fingerprint density at radius 3 is 0.690 bits per heavy atom. The van der Waals surface area contributed by atoms with Crippen LogP contribution in [0.4, 0.5) is 0 Å². The lowest BCUT2D eigenvalue weighted by Crippen LogP contribution is -2.69. The second-order valence-electron chi connectivity index (χ2n) is 11.4. The Morgan fingerprint density at radius 1 is 0.362 bits per heavy atom. The van der Waals surface area contributed by atoms with E-state index in [4.69, 9.17) is 40.2 Å². The van der Waals surface area contributed by atoms with Gasteiger partial charge in [-0.3, -0.25) is 9.97 Å². The Morgan fingerprint density at radius 2 is 0.552 bits per heavy atom. The highest BCUT2D eigenvalue weighted by Crippen LogP contribution is 2.24. The molecule has 0 atom stereocenters. The van der Waals surface area contributed by atoms with Crippen molar-refractivity contribution in [1.82, 2.24) is 9.97 Å². The van der Waals surface area contributed by atoms with Gasteiger partial charge in [0.25, 0.3) is 0 Å². The van der Waals surface area contributed by atoms with Crippen LogP contribution in [0.1, 0.15) is 22.3 Å². The summed E-state index contributed by atoms with van der Waals surface area (Å²) in [5, 5.41) is 71.5. The van der Waals surface area contributed by atoms with Crippen LogP contribution >= 0.6 is 0 Å². The van der Waals surface area contributed by atoms with Crippen molar-refractivity contribution in [2.75, 3.05) is 0 Å². The van der Waals surface area contributed by atoms with Crippen LogP contribution in [0.3, 0.4) is 0 Å². The van der Waals surface area contributed by atoms with Gasteiger partial charge in [-0.25, -0.2) is 9.97 Å². The van der Waals surface area contributed by atoms with E-state index < -0.39 is 72.5 Å². The summed E-state index contributed by atoms with van der Waals surface area (Å²) < 4.78 is 52.8. The van der Waals surface area contributed by atoms with Crippen molar-refractivity contribution in [2.24, 2.45) is 0 Å². The van der Waals surface area contributed by atoms with Crippen molar-refractivity contribution in [3.63, 3.8) is 0 Å². The van der Waals surface area contributed by atoms with Crippen molar-refractivity contribution in [1.29, 1.82) is 0 Å². The van der Waals surface area contributed by atoms with Gasteiger partial charge in [-0.1, -0.05) is 0 Å². The normalized spacial score (nSPS) is 17.9. The molecule has 2 spiro atoms. The molecule has 34 heteroatoms. The quantitative estimate of drug-likeness (QED) is 0.0774. The van der Waals surface area contributed by atoms with Crippen LogP contribution < -0.4 is 9.97 Å². The highest BCUT2D eigenvalue weighted by atomic mass is 17.0. The fourth-order valence-electron chi connectivity index (χ4n) is 3.97. The van der Waals surface area contributed by atoms with Crippen LogP contribution in [0.5, 0.6) is 0 Å². The van der Waals surface area contributed by atoms with E-state index in [9.17, 15) is 0 Å². The zero-order chi connectivity index (χ0) is 42.6. The van der Waals surface area contributed by atoms with Crippen molar-refractivity contribution in [3.8, 4) is 0 Å². The maximum absolute atomic E-state index is 8.94. The van der Waals surface area contributed by atoms with Crippen molar-refractivity contribution >= 4 is 72.5 Å². The van der Waals surface area contributed by atoms with Gasteiger partial charge in [0.15, 0.2) is 24.8 Å².